The Kier molecular flexibility index (Phi) is 10.5. The molecule has 0 aliphatic carbocycles. The third kappa shape index (κ3) is 8.03. The monoisotopic (exact) mass is 684 g/mol. The van der Waals surface area contributed by atoms with Crippen molar-refractivity contribution >= 4 is 34.1 Å². The van der Waals surface area contributed by atoms with Gasteiger partial charge in [-0.1, -0.05) is 72.8 Å². The van der Waals surface area contributed by atoms with Gasteiger partial charge >= 0.3 is 0 Å². The van der Waals surface area contributed by atoms with E-state index in [4.69, 9.17) is 4.42 Å². The molecule has 1 aromatic heterocycles. The Morgan fingerprint density at radius 1 is 0.588 bits per heavy atom. The molecule has 0 aliphatic heterocycles. The van der Waals surface area contributed by atoms with Gasteiger partial charge in [0.25, 0.3) is 11.4 Å². The Labute approximate surface area is 292 Å². The van der Waals surface area contributed by atoms with E-state index >= 15 is 0 Å². The molecule has 0 saturated heterocycles. The second kappa shape index (κ2) is 15.1. The zero-order valence-corrected chi connectivity index (χ0v) is 28.1. The van der Waals surface area contributed by atoms with Crippen molar-refractivity contribution in [3.05, 3.63) is 174 Å². The van der Waals surface area contributed by atoms with Crippen LogP contribution in [0.3, 0.4) is 0 Å². The van der Waals surface area contributed by atoms with Gasteiger partial charge in [0.15, 0.2) is 17.0 Å². The van der Waals surface area contributed by atoms with Crippen molar-refractivity contribution in [1.82, 2.24) is 9.80 Å². The lowest BCUT2D eigenvalue weighted by Gasteiger charge is -2.14. The molecule has 0 amide bonds. The van der Waals surface area contributed by atoms with Crippen LogP contribution in [0.1, 0.15) is 31.8 Å². The Bertz CT molecular complexity index is 2120. The minimum absolute atomic E-state index is 0.0427. The van der Waals surface area contributed by atoms with E-state index in [0.29, 0.717) is 11.1 Å². The van der Waals surface area contributed by atoms with Crippen LogP contribution in [0, 0.1) is 20.2 Å². The first-order chi connectivity index (χ1) is 24.3. The van der Waals surface area contributed by atoms with E-state index in [1.165, 1.54) is 48.8 Å². The van der Waals surface area contributed by atoms with Crippen molar-refractivity contribution in [3.8, 4) is 22.6 Å². The van der Waals surface area contributed by atoms with E-state index in [1.54, 1.807) is 98.7 Å². The third-order valence-electron chi connectivity index (χ3n) is 7.64. The molecule has 1 heterocycles. The summed E-state index contributed by atoms with van der Waals surface area (Å²) in [5.74, 6) is -0.932. The normalized spacial score (nSPS) is 11.5. The molecule has 51 heavy (non-hydrogen) atoms. The molecule has 0 saturated carbocycles. The number of hydrogen-bond donors (Lipinski definition) is 0. The highest BCUT2D eigenvalue weighted by atomic mass is 16.6. The summed E-state index contributed by atoms with van der Waals surface area (Å²) < 4.78 is 6.04. The second-order valence-corrected chi connectivity index (χ2v) is 11.9. The number of ketones is 2. The smallest absolute Gasteiger partial charge is 0.278 e. The van der Waals surface area contributed by atoms with Crippen LogP contribution in [0.5, 0.6) is 0 Å². The molecule has 5 aromatic rings. The summed E-state index contributed by atoms with van der Waals surface area (Å²) in [6.07, 6.45) is 3.00. The molecule has 0 bridgehead atoms. The van der Waals surface area contributed by atoms with Crippen LogP contribution in [0.2, 0.25) is 0 Å². The lowest BCUT2D eigenvalue weighted by molar-refractivity contribution is -0.385. The number of nitro groups is 2. The molecule has 0 aliphatic rings. The SMILES string of the molecule is CN(C)/C=C(\C(=O)c1ccccc1)c1ccc(-c2cc(=O)cc(-c3ccc(/C(=C/N(C)C)C(=O)c4ccccc4)c([N+](=O)[O-])c3)o2)cc1[N+](=O)[O-]. The van der Waals surface area contributed by atoms with Crippen LogP contribution in [-0.2, 0) is 0 Å². The number of hydrogen-bond acceptors (Lipinski definition) is 10. The average molecular weight is 685 g/mol. The number of benzene rings is 4. The highest BCUT2D eigenvalue weighted by molar-refractivity contribution is 6.30. The molecule has 12 nitrogen and oxygen atoms in total. The first-order valence-corrected chi connectivity index (χ1v) is 15.5. The maximum absolute atomic E-state index is 13.5. The summed E-state index contributed by atoms with van der Waals surface area (Å²) in [6, 6.07) is 27.3. The molecule has 0 spiro atoms. The zero-order valence-electron chi connectivity index (χ0n) is 28.1. The number of carbonyl (C=O) groups excluding carboxylic acids is 2. The number of allylic oxidation sites excluding steroid dienone is 2. The van der Waals surface area contributed by atoms with Gasteiger partial charge in [-0.25, -0.2) is 0 Å². The molecule has 4 aromatic carbocycles. The minimum atomic E-state index is -0.625. The molecular formula is C39H32N4O8. The molecule has 0 unspecified atom stereocenters. The van der Waals surface area contributed by atoms with Gasteiger partial charge in [-0.15, -0.1) is 0 Å². The largest absolute Gasteiger partial charge is 0.456 e. The molecule has 0 fully saturated rings. The number of nitrogens with zero attached hydrogens (tertiary/aromatic N) is 4. The van der Waals surface area contributed by atoms with Gasteiger partial charge < -0.3 is 14.2 Å². The highest BCUT2D eigenvalue weighted by Gasteiger charge is 2.27. The van der Waals surface area contributed by atoms with E-state index in [0.717, 1.165) is 12.1 Å². The van der Waals surface area contributed by atoms with Crippen molar-refractivity contribution in [2.45, 2.75) is 0 Å². The van der Waals surface area contributed by atoms with Crippen LogP contribution in [0.25, 0.3) is 33.8 Å². The number of rotatable bonds is 12. The van der Waals surface area contributed by atoms with E-state index in [1.807, 2.05) is 0 Å². The lowest BCUT2D eigenvalue weighted by Crippen LogP contribution is -2.11. The number of carbonyl (C=O) groups is 2. The van der Waals surface area contributed by atoms with Gasteiger partial charge in [-0.3, -0.25) is 34.6 Å². The Balaban J connectivity index is 1.60. The fraction of sp³-hybridized carbons (Fsp3) is 0.103. The lowest BCUT2D eigenvalue weighted by atomic mass is 9.94. The van der Waals surface area contributed by atoms with Gasteiger partial charge in [0, 0.05) is 87.1 Å². The molecular weight excluding hydrogens is 652 g/mol. The van der Waals surface area contributed by atoms with E-state index in [-0.39, 0.29) is 44.9 Å². The van der Waals surface area contributed by atoms with Crippen molar-refractivity contribution in [3.63, 3.8) is 0 Å². The Hall–Kier alpha value is -6.95. The molecule has 0 radical (unpaired) electrons. The van der Waals surface area contributed by atoms with E-state index < -0.39 is 38.2 Å². The molecule has 0 atom stereocenters. The van der Waals surface area contributed by atoms with Gasteiger partial charge in [0.1, 0.15) is 11.5 Å². The van der Waals surface area contributed by atoms with E-state index in [9.17, 15) is 34.6 Å². The summed E-state index contributed by atoms with van der Waals surface area (Å²) in [6.45, 7) is 0. The predicted octanol–water partition coefficient (Wildman–Crippen LogP) is 7.36. The summed E-state index contributed by atoms with van der Waals surface area (Å²) in [5.41, 5.74) is -0.0283. The summed E-state index contributed by atoms with van der Waals surface area (Å²) >= 11 is 0. The maximum Gasteiger partial charge on any atom is 0.278 e. The van der Waals surface area contributed by atoms with Crippen molar-refractivity contribution in [2.75, 3.05) is 28.2 Å². The van der Waals surface area contributed by atoms with Gasteiger partial charge in [0.05, 0.1) is 32.1 Å². The molecule has 0 N–H and O–H groups in total. The quantitative estimate of drug-likeness (QED) is 0.0563. The number of Topliss-reactive ketones (excluding diaryl/α,β-unsaturated/α-hetero) is 2. The maximum atomic E-state index is 13.5. The van der Waals surface area contributed by atoms with Crippen LogP contribution < -0.4 is 5.43 Å². The summed E-state index contributed by atoms with van der Waals surface area (Å²) in [7, 11) is 6.76. The summed E-state index contributed by atoms with van der Waals surface area (Å²) in [4.78, 5) is 66.7. The van der Waals surface area contributed by atoms with Crippen LogP contribution in [-0.4, -0.2) is 59.4 Å². The molecule has 256 valence electrons. The molecule has 12 heteroatoms. The van der Waals surface area contributed by atoms with Crippen molar-refractivity contribution in [2.24, 2.45) is 0 Å². The van der Waals surface area contributed by atoms with Gasteiger partial charge in [-0.05, 0) is 12.1 Å². The van der Waals surface area contributed by atoms with Crippen LogP contribution in [0.15, 0.2) is 131 Å². The number of nitro benzene ring substituents is 2. The average Bonchev–Trinajstić information content (AvgIpc) is 3.12. The van der Waals surface area contributed by atoms with Crippen molar-refractivity contribution in [1.29, 1.82) is 0 Å². The van der Waals surface area contributed by atoms with E-state index in [2.05, 4.69) is 0 Å². The molecule has 5 rings (SSSR count). The first-order valence-electron chi connectivity index (χ1n) is 15.5. The van der Waals surface area contributed by atoms with Gasteiger partial charge in [-0.2, -0.15) is 0 Å². The Morgan fingerprint density at radius 2 is 0.961 bits per heavy atom. The fourth-order valence-electron chi connectivity index (χ4n) is 5.40. The van der Waals surface area contributed by atoms with Crippen LogP contribution >= 0.6 is 0 Å². The predicted molar refractivity (Wildman–Crippen MR) is 194 cm³/mol. The second-order valence-electron chi connectivity index (χ2n) is 11.9. The summed E-state index contributed by atoms with van der Waals surface area (Å²) in [5, 5.41) is 24.7. The van der Waals surface area contributed by atoms with Gasteiger partial charge in [0.2, 0.25) is 0 Å². The fourth-order valence-corrected chi connectivity index (χ4v) is 5.40. The highest BCUT2D eigenvalue weighted by Crippen LogP contribution is 2.36. The minimum Gasteiger partial charge on any atom is -0.456 e. The Morgan fingerprint density at radius 3 is 1.29 bits per heavy atom. The van der Waals surface area contributed by atoms with Crippen molar-refractivity contribution < 1.29 is 23.9 Å². The first kappa shape index (κ1) is 35.4. The third-order valence-corrected chi connectivity index (χ3v) is 7.64. The standard InChI is InChI=1S/C39H32N4O8/c1-40(2)23-32(38(45)25-11-7-5-8-12-25)30-17-15-27(19-34(30)42(47)48)36-21-29(44)22-37(51-36)28-16-18-31(35(20-28)43(49)50)33(24-41(3)4)39(46)26-13-9-6-10-14-26/h5-24H,1-4H3/b32-23-,33-24-. The zero-order chi connectivity index (χ0) is 36.8. The van der Waals surface area contributed by atoms with Crippen LogP contribution in [0.4, 0.5) is 11.4 Å². The topological polar surface area (TPSA) is 157 Å².